The summed E-state index contributed by atoms with van der Waals surface area (Å²) in [4.78, 5) is 4.34. The molecule has 0 saturated carbocycles. The number of hydrogen-bond donors (Lipinski definition) is 1. The van der Waals surface area contributed by atoms with Crippen LogP contribution in [0.2, 0.25) is 0 Å². The van der Waals surface area contributed by atoms with E-state index in [2.05, 4.69) is 4.98 Å². The Morgan fingerprint density at radius 2 is 2.16 bits per heavy atom. The minimum atomic E-state index is -0.524. The van der Waals surface area contributed by atoms with Crippen molar-refractivity contribution in [3.63, 3.8) is 0 Å². The molecule has 0 bridgehead atoms. The van der Waals surface area contributed by atoms with Crippen LogP contribution in [-0.4, -0.2) is 17.2 Å². The number of aromatic nitrogens is 1. The molecule has 0 radical (unpaired) electrons. The minimum absolute atomic E-state index is 0.411. The van der Waals surface area contributed by atoms with Crippen molar-refractivity contribution in [2.24, 2.45) is 0 Å². The molecule has 0 aliphatic rings. The van der Waals surface area contributed by atoms with E-state index < -0.39 is 6.10 Å². The van der Waals surface area contributed by atoms with E-state index in [-0.39, 0.29) is 0 Å². The fourth-order valence-electron chi connectivity index (χ4n) is 1.69. The lowest BCUT2D eigenvalue weighted by Gasteiger charge is -2.12. The van der Waals surface area contributed by atoms with Gasteiger partial charge in [-0.1, -0.05) is 6.07 Å². The van der Waals surface area contributed by atoms with Crippen molar-refractivity contribution in [3.05, 3.63) is 39.8 Å². The van der Waals surface area contributed by atoms with Crippen molar-refractivity contribution < 1.29 is 14.6 Å². The van der Waals surface area contributed by atoms with Crippen LogP contribution in [0.4, 0.5) is 0 Å². The third kappa shape index (κ3) is 3.45. The zero-order valence-corrected chi connectivity index (χ0v) is 12.0. The number of methoxy groups -OCH3 is 1. The second kappa shape index (κ2) is 6.04. The molecule has 1 N–H and O–H groups in total. The van der Waals surface area contributed by atoms with Gasteiger partial charge in [0.2, 0.25) is 0 Å². The molecule has 19 heavy (non-hydrogen) atoms. The molecule has 5 heteroatoms. The Hall–Kier alpha value is -1.59. The first-order chi connectivity index (χ1) is 9.10. The third-order valence-corrected chi connectivity index (χ3v) is 3.53. The molecule has 0 spiro atoms. The summed E-state index contributed by atoms with van der Waals surface area (Å²) in [5.74, 6) is 1.27. The van der Waals surface area contributed by atoms with Crippen LogP contribution in [0.3, 0.4) is 0 Å². The van der Waals surface area contributed by atoms with Gasteiger partial charge in [0.25, 0.3) is 0 Å². The average Bonchev–Trinajstić information content (AvgIpc) is 2.81. The van der Waals surface area contributed by atoms with Gasteiger partial charge in [0.15, 0.2) is 11.5 Å². The largest absolute Gasteiger partial charge is 0.493 e. The molecule has 2 rings (SSSR count). The number of nitrogens with zero attached hydrogens (tertiary/aromatic N) is 1. The van der Waals surface area contributed by atoms with Crippen LogP contribution in [0.1, 0.15) is 29.3 Å². The molecule has 0 fully saturated rings. The van der Waals surface area contributed by atoms with E-state index in [1.807, 2.05) is 18.4 Å². The van der Waals surface area contributed by atoms with Crippen LogP contribution in [0.25, 0.3) is 0 Å². The predicted octanol–water partition coefficient (Wildman–Crippen LogP) is 3.09. The number of aliphatic hydroxyl groups is 1. The van der Waals surface area contributed by atoms with Gasteiger partial charge in [-0.05, 0) is 31.5 Å². The lowest BCUT2D eigenvalue weighted by molar-refractivity contribution is 0.198. The smallest absolute Gasteiger partial charge is 0.161 e. The highest BCUT2D eigenvalue weighted by Gasteiger charge is 2.09. The van der Waals surface area contributed by atoms with Crippen molar-refractivity contribution in [1.82, 2.24) is 4.98 Å². The Kier molecular flexibility index (Phi) is 4.39. The van der Waals surface area contributed by atoms with Crippen molar-refractivity contribution in [1.29, 1.82) is 0 Å². The molecule has 0 aliphatic carbocycles. The van der Waals surface area contributed by atoms with Crippen LogP contribution in [0, 0.1) is 6.92 Å². The van der Waals surface area contributed by atoms with Gasteiger partial charge in [-0.3, -0.25) is 0 Å². The second-order valence-electron chi connectivity index (χ2n) is 4.23. The van der Waals surface area contributed by atoms with E-state index in [1.165, 1.54) is 0 Å². The Bertz CT molecular complexity index is 551. The third-order valence-electron chi connectivity index (χ3n) is 2.71. The Labute approximate surface area is 116 Å². The van der Waals surface area contributed by atoms with E-state index in [0.29, 0.717) is 18.1 Å². The molecule has 0 saturated heterocycles. The molecular weight excluding hydrogens is 262 g/mol. The zero-order valence-electron chi connectivity index (χ0n) is 11.2. The maximum absolute atomic E-state index is 9.54. The monoisotopic (exact) mass is 279 g/mol. The first-order valence-electron chi connectivity index (χ1n) is 6.00. The number of hydrogen-bond acceptors (Lipinski definition) is 5. The number of aliphatic hydroxyl groups excluding tert-OH is 1. The zero-order chi connectivity index (χ0) is 13.8. The molecule has 1 heterocycles. The standard InChI is InChI=1S/C14H17NO3S/c1-9(16)11-4-5-13(14(6-11)17-3)18-7-12-8-19-10(2)15-12/h4-6,8-9,16H,7H2,1-3H3. The SMILES string of the molecule is COc1cc(C(C)O)ccc1OCc1csc(C)n1. The quantitative estimate of drug-likeness (QED) is 0.913. The van der Waals surface area contributed by atoms with Gasteiger partial charge in [0, 0.05) is 5.38 Å². The van der Waals surface area contributed by atoms with E-state index in [9.17, 15) is 5.11 Å². The molecule has 0 aliphatic heterocycles. The lowest BCUT2D eigenvalue weighted by atomic mass is 10.1. The van der Waals surface area contributed by atoms with Crippen LogP contribution >= 0.6 is 11.3 Å². The molecule has 4 nitrogen and oxygen atoms in total. The van der Waals surface area contributed by atoms with E-state index in [4.69, 9.17) is 9.47 Å². The molecule has 1 unspecified atom stereocenters. The van der Waals surface area contributed by atoms with Crippen molar-refractivity contribution in [2.45, 2.75) is 26.6 Å². The first-order valence-corrected chi connectivity index (χ1v) is 6.88. The van der Waals surface area contributed by atoms with Gasteiger partial charge in [-0.2, -0.15) is 0 Å². The highest BCUT2D eigenvalue weighted by Crippen LogP contribution is 2.30. The highest BCUT2D eigenvalue weighted by molar-refractivity contribution is 7.09. The maximum atomic E-state index is 9.54. The molecule has 2 aromatic rings. The first kappa shape index (κ1) is 13.8. The number of ether oxygens (including phenoxy) is 2. The topological polar surface area (TPSA) is 51.6 Å². The van der Waals surface area contributed by atoms with Gasteiger partial charge >= 0.3 is 0 Å². The van der Waals surface area contributed by atoms with Crippen LogP contribution < -0.4 is 9.47 Å². The van der Waals surface area contributed by atoms with Gasteiger partial charge in [0.1, 0.15) is 6.61 Å². The van der Waals surface area contributed by atoms with Gasteiger partial charge in [-0.25, -0.2) is 4.98 Å². The van der Waals surface area contributed by atoms with Crippen LogP contribution in [-0.2, 0) is 6.61 Å². The fraction of sp³-hybridized carbons (Fsp3) is 0.357. The summed E-state index contributed by atoms with van der Waals surface area (Å²) in [6.07, 6.45) is -0.524. The summed E-state index contributed by atoms with van der Waals surface area (Å²) in [5.41, 5.74) is 1.71. The summed E-state index contributed by atoms with van der Waals surface area (Å²) in [6.45, 7) is 4.09. The minimum Gasteiger partial charge on any atom is -0.493 e. The van der Waals surface area contributed by atoms with Gasteiger partial charge in [-0.15, -0.1) is 11.3 Å². The number of rotatable bonds is 5. The van der Waals surface area contributed by atoms with E-state index in [1.54, 1.807) is 37.5 Å². The predicted molar refractivity (Wildman–Crippen MR) is 74.8 cm³/mol. The maximum Gasteiger partial charge on any atom is 0.161 e. The highest BCUT2D eigenvalue weighted by atomic mass is 32.1. The summed E-state index contributed by atoms with van der Waals surface area (Å²) in [6, 6.07) is 5.42. The molecule has 102 valence electrons. The Balaban J connectivity index is 2.11. The van der Waals surface area contributed by atoms with E-state index in [0.717, 1.165) is 16.3 Å². The normalized spacial score (nSPS) is 12.2. The summed E-state index contributed by atoms with van der Waals surface area (Å²) < 4.78 is 11.0. The molecule has 1 aromatic carbocycles. The van der Waals surface area contributed by atoms with Crippen LogP contribution in [0.5, 0.6) is 11.5 Å². The number of aryl methyl sites for hydroxylation is 1. The summed E-state index contributed by atoms with van der Waals surface area (Å²) >= 11 is 1.60. The summed E-state index contributed by atoms with van der Waals surface area (Å²) in [7, 11) is 1.58. The Morgan fingerprint density at radius 1 is 1.37 bits per heavy atom. The van der Waals surface area contributed by atoms with Crippen molar-refractivity contribution >= 4 is 11.3 Å². The molecule has 1 atom stereocenters. The summed E-state index contributed by atoms with van der Waals surface area (Å²) in [5, 5.41) is 12.5. The molecule has 1 aromatic heterocycles. The Morgan fingerprint density at radius 3 is 2.74 bits per heavy atom. The van der Waals surface area contributed by atoms with Crippen molar-refractivity contribution in [3.8, 4) is 11.5 Å². The van der Waals surface area contributed by atoms with Gasteiger partial charge < -0.3 is 14.6 Å². The van der Waals surface area contributed by atoms with Crippen molar-refractivity contribution in [2.75, 3.05) is 7.11 Å². The number of benzene rings is 1. The number of thiazole rings is 1. The fourth-order valence-corrected chi connectivity index (χ4v) is 2.29. The molecule has 0 amide bonds. The second-order valence-corrected chi connectivity index (χ2v) is 5.30. The van der Waals surface area contributed by atoms with Crippen LogP contribution in [0.15, 0.2) is 23.6 Å². The average molecular weight is 279 g/mol. The van der Waals surface area contributed by atoms with Gasteiger partial charge in [0.05, 0.1) is 23.9 Å². The lowest BCUT2D eigenvalue weighted by Crippen LogP contribution is -1.99. The molecular formula is C14H17NO3S. The van der Waals surface area contributed by atoms with E-state index >= 15 is 0 Å².